The zero-order valence-corrected chi connectivity index (χ0v) is 9.61. The van der Waals surface area contributed by atoms with Crippen LogP contribution < -0.4 is 4.74 Å². The molecule has 0 aromatic heterocycles. The van der Waals surface area contributed by atoms with Gasteiger partial charge in [0, 0.05) is 6.07 Å². The Morgan fingerprint density at radius 2 is 2.11 bits per heavy atom. The monoisotopic (exact) mass is 275 g/mol. The summed E-state index contributed by atoms with van der Waals surface area (Å²) >= 11 is 0. The molecule has 19 heavy (non-hydrogen) atoms. The first kappa shape index (κ1) is 14.6. The molecule has 0 atom stereocenters. The van der Waals surface area contributed by atoms with Gasteiger partial charge in [-0.05, 0) is 13.0 Å². The molecule has 0 aliphatic carbocycles. The van der Waals surface area contributed by atoms with Gasteiger partial charge in [0.1, 0.15) is 23.1 Å². The highest BCUT2D eigenvalue weighted by Crippen LogP contribution is 2.32. The molecule has 0 aliphatic rings. The summed E-state index contributed by atoms with van der Waals surface area (Å²) in [6, 6.07) is 2.92. The molecule has 0 amide bonds. The number of aromatic hydroxyl groups is 1. The number of phenolic OH excluding ortho intramolecular Hbond substituents is 1. The average molecular weight is 275 g/mol. The van der Waals surface area contributed by atoms with Gasteiger partial charge in [-0.2, -0.15) is 5.26 Å². The summed E-state index contributed by atoms with van der Waals surface area (Å²) in [6.07, 6.45) is -5.07. The minimum atomic E-state index is -5.07. The van der Waals surface area contributed by atoms with Crippen LogP contribution in [-0.4, -0.2) is 24.0 Å². The largest absolute Gasteiger partial charge is 0.573 e. The van der Waals surface area contributed by atoms with E-state index in [1.54, 1.807) is 0 Å². The van der Waals surface area contributed by atoms with Crippen LogP contribution in [0.5, 0.6) is 11.5 Å². The molecule has 0 spiro atoms. The van der Waals surface area contributed by atoms with Gasteiger partial charge >= 0.3 is 12.3 Å². The predicted octanol–water partition coefficient (Wildman–Crippen LogP) is 2.34. The highest BCUT2D eigenvalue weighted by molar-refractivity contribution is 5.95. The molecule has 102 valence electrons. The van der Waals surface area contributed by atoms with E-state index in [1.165, 1.54) is 13.0 Å². The van der Waals surface area contributed by atoms with Crippen molar-refractivity contribution in [2.75, 3.05) is 6.61 Å². The van der Waals surface area contributed by atoms with Crippen LogP contribution in [0.2, 0.25) is 0 Å². The quantitative estimate of drug-likeness (QED) is 0.856. The van der Waals surface area contributed by atoms with Crippen LogP contribution in [0.1, 0.15) is 22.8 Å². The summed E-state index contributed by atoms with van der Waals surface area (Å²) in [6.45, 7) is 1.37. The highest BCUT2D eigenvalue weighted by Gasteiger charge is 2.34. The maximum absolute atomic E-state index is 12.2. The van der Waals surface area contributed by atoms with E-state index in [0.717, 1.165) is 6.07 Å². The van der Waals surface area contributed by atoms with Crippen LogP contribution >= 0.6 is 0 Å². The Morgan fingerprint density at radius 1 is 1.47 bits per heavy atom. The Hall–Kier alpha value is -2.43. The fourth-order valence-electron chi connectivity index (χ4n) is 1.31. The maximum atomic E-state index is 12.2. The molecule has 0 saturated carbocycles. The van der Waals surface area contributed by atoms with Gasteiger partial charge in [0.15, 0.2) is 0 Å². The first-order valence-corrected chi connectivity index (χ1v) is 4.98. The fourth-order valence-corrected chi connectivity index (χ4v) is 1.31. The number of benzene rings is 1. The molecule has 8 heteroatoms. The summed E-state index contributed by atoms with van der Waals surface area (Å²) in [4.78, 5) is 11.5. The molecule has 0 aliphatic heterocycles. The van der Waals surface area contributed by atoms with E-state index in [0.29, 0.717) is 6.07 Å². The smallest absolute Gasteiger partial charge is 0.508 e. The summed E-state index contributed by atoms with van der Waals surface area (Å²) in [5.74, 6) is -2.76. The summed E-state index contributed by atoms with van der Waals surface area (Å²) in [5, 5.41) is 18.0. The lowest BCUT2D eigenvalue weighted by Gasteiger charge is -2.13. The number of halogens is 3. The second kappa shape index (κ2) is 5.48. The Labute approximate surface area is 105 Å². The van der Waals surface area contributed by atoms with Gasteiger partial charge in [-0.1, -0.05) is 0 Å². The Morgan fingerprint density at radius 3 is 2.58 bits per heavy atom. The van der Waals surface area contributed by atoms with E-state index in [4.69, 9.17) is 5.26 Å². The van der Waals surface area contributed by atoms with Crippen molar-refractivity contribution in [1.29, 1.82) is 5.26 Å². The van der Waals surface area contributed by atoms with Crippen LogP contribution in [0, 0.1) is 11.3 Å². The summed E-state index contributed by atoms with van der Waals surface area (Å²) in [5.41, 5.74) is -1.16. The second-order valence-corrected chi connectivity index (χ2v) is 3.25. The van der Waals surface area contributed by atoms with Crippen molar-refractivity contribution in [1.82, 2.24) is 0 Å². The van der Waals surface area contributed by atoms with Gasteiger partial charge in [-0.15, -0.1) is 13.2 Å². The van der Waals surface area contributed by atoms with Gasteiger partial charge in [-0.3, -0.25) is 0 Å². The molecule has 0 fully saturated rings. The van der Waals surface area contributed by atoms with Crippen molar-refractivity contribution in [3.05, 3.63) is 23.3 Å². The number of esters is 1. The third-order valence-corrected chi connectivity index (χ3v) is 1.91. The predicted molar refractivity (Wildman–Crippen MR) is 55.5 cm³/mol. The molecular weight excluding hydrogens is 267 g/mol. The van der Waals surface area contributed by atoms with E-state index in [2.05, 4.69) is 9.47 Å². The molecule has 0 bridgehead atoms. The molecule has 1 rings (SSSR count). The van der Waals surface area contributed by atoms with Gasteiger partial charge in [0.25, 0.3) is 0 Å². The van der Waals surface area contributed by atoms with Gasteiger partial charge < -0.3 is 14.6 Å². The number of ether oxygens (including phenoxy) is 2. The Bertz CT molecular complexity index is 534. The van der Waals surface area contributed by atoms with E-state index >= 15 is 0 Å². The molecule has 0 saturated heterocycles. The number of phenols is 1. The lowest BCUT2D eigenvalue weighted by atomic mass is 10.1. The number of carbonyl (C=O) groups excluding carboxylic acids is 1. The molecular formula is C11H8F3NO4. The molecule has 1 aromatic carbocycles. The van der Waals surface area contributed by atoms with E-state index in [9.17, 15) is 23.1 Å². The molecule has 0 heterocycles. The molecule has 0 unspecified atom stereocenters. The topological polar surface area (TPSA) is 79.6 Å². The van der Waals surface area contributed by atoms with E-state index in [1.807, 2.05) is 0 Å². The zero-order chi connectivity index (χ0) is 14.6. The number of nitrogens with zero attached hydrogens (tertiary/aromatic N) is 1. The average Bonchev–Trinajstić information content (AvgIpc) is 2.25. The van der Waals surface area contributed by atoms with Gasteiger partial charge in [0.05, 0.1) is 12.2 Å². The van der Waals surface area contributed by atoms with E-state index in [-0.39, 0.29) is 6.61 Å². The maximum Gasteiger partial charge on any atom is 0.573 e. The molecule has 1 aromatic rings. The van der Waals surface area contributed by atoms with E-state index < -0.39 is 35.0 Å². The number of hydrogen-bond acceptors (Lipinski definition) is 5. The van der Waals surface area contributed by atoms with Crippen LogP contribution in [-0.2, 0) is 4.74 Å². The molecule has 0 radical (unpaired) electrons. The lowest BCUT2D eigenvalue weighted by Crippen LogP contribution is -2.20. The third-order valence-electron chi connectivity index (χ3n) is 1.91. The third kappa shape index (κ3) is 3.77. The van der Waals surface area contributed by atoms with Crippen LogP contribution in [0.3, 0.4) is 0 Å². The number of alkyl halides is 3. The lowest BCUT2D eigenvalue weighted by molar-refractivity contribution is -0.274. The zero-order valence-electron chi connectivity index (χ0n) is 9.61. The number of rotatable bonds is 3. The molecule has 5 nitrogen and oxygen atoms in total. The summed E-state index contributed by atoms with van der Waals surface area (Å²) in [7, 11) is 0. The minimum Gasteiger partial charge on any atom is -0.508 e. The van der Waals surface area contributed by atoms with Crippen LogP contribution in [0.15, 0.2) is 12.1 Å². The van der Waals surface area contributed by atoms with Crippen molar-refractivity contribution < 1.29 is 32.5 Å². The van der Waals surface area contributed by atoms with Crippen molar-refractivity contribution in [2.45, 2.75) is 13.3 Å². The van der Waals surface area contributed by atoms with Gasteiger partial charge in [-0.25, -0.2) is 4.79 Å². The first-order chi connectivity index (χ1) is 8.78. The number of carbonyl (C=O) groups is 1. The van der Waals surface area contributed by atoms with Crippen molar-refractivity contribution in [2.24, 2.45) is 0 Å². The highest BCUT2D eigenvalue weighted by atomic mass is 19.4. The SMILES string of the molecule is CCOC(=O)c1c(C#N)cc(O)cc1OC(F)(F)F. The minimum absolute atomic E-state index is 0.0873. The number of hydrogen-bond donors (Lipinski definition) is 1. The Kier molecular flexibility index (Phi) is 4.22. The van der Waals surface area contributed by atoms with Crippen molar-refractivity contribution in [3.63, 3.8) is 0 Å². The normalized spacial score (nSPS) is 10.7. The Balaban J connectivity index is 3.38. The number of nitriles is 1. The standard InChI is InChI=1S/C11H8F3NO4/c1-2-18-10(17)9-6(5-15)3-7(16)4-8(9)19-11(12,13)14/h3-4,16H,2H2,1H3. The van der Waals surface area contributed by atoms with Crippen LogP contribution in [0.4, 0.5) is 13.2 Å². The van der Waals surface area contributed by atoms with Crippen LogP contribution in [0.25, 0.3) is 0 Å². The van der Waals surface area contributed by atoms with Crippen molar-refractivity contribution >= 4 is 5.97 Å². The van der Waals surface area contributed by atoms with Crippen molar-refractivity contribution in [3.8, 4) is 17.6 Å². The summed E-state index contributed by atoms with van der Waals surface area (Å²) < 4.78 is 44.8. The fraction of sp³-hybridized carbons (Fsp3) is 0.273. The second-order valence-electron chi connectivity index (χ2n) is 3.25. The van der Waals surface area contributed by atoms with Gasteiger partial charge in [0.2, 0.25) is 0 Å². The first-order valence-electron chi connectivity index (χ1n) is 4.98. The molecule has 1 N–H and O–H groups in total.